The average Bonchev–Trinajstić information content (AvgIpc) is 2.67. The van der Waals surface area contributed by atoms with Gasteiger partial charge in [0.2, 0.25) is 0 Å². The Balaban J connectivity index is 2.20. The van der Waals surface area contributed by atoms with Gasteiger partial charge in [0.15, 0.2) is 0 Å². The van der Waals surface area contributed by atoms with Gasteiger partial charge < -0.3 is 5.11 Å². The molecule has 1 fully saturated rings. The molecule has 0 aliphatic carbocycles. The highest BCUT2D eigenvalue weighted by molar-refractivity contribution is 8.18. The van der Waals surface area contributed by atoms with E-state index in [-0.39, 0.29) is 21.9 Å². The number of rotatable bonds is 4. The SMILES string of the molecule is CCCCN1C(=O)S/C(=C\c2ccc(O)c(Cl)c2)C1=O. The molecule has 1 aromatic rings. The van der Waals surface area contributed by atoms with E-state index in [0.717, 1.165) is 24.6 Å². The Kier molecular flexibility index (Phi) is 4.73. The lowest BCUT2D eigenvalue weighted by Crippen LogP contribution is -2.29. The van der Waals surface area contributed by atoms with Crippen LogP contribution in [-0.2, 0) is 4.79 Å². The van der Waals surface area contributed by atoms with Crippen molar-refractivity contribution in [3.63, 3.8) is 0 Å². The Morgan fingerprint density at radius 1 is 1.40 bits per heavy atom. The maximum atomic E-state index is 12.1. The van der Waals surface area contributed by atoms with Crippen molar-refractivity contribution in [2.24, 2.45) is 0 Å². The van der Waals surface area contributed by atoms with Crippen molar-refractivity contribution in [3.05, 3.63) is 33.7 Å². The summed E-state index contributed by atoms with van der Waals surface area (Å²) >= 11 is 6.74. The first-order chi connectivity index (χ1) is 9.52. The number of hydrogen-bond donors (Lipinski definition) is 1. The van der Waals surface area contributed by atoms with Gasteiger partial charge in [0, 0.05) is 6.54 Å². The Bertz CT molecular complexity index is 586. The molecule has 0 aromatic heterocycles. The lowest BCUT2D eigenvalue weighted by atomic mass is 10.2. The van der Waals surface area contributed by atoms with Gasteiger partial charge in [-0.1, -0.05) is 31.0 Å². The summed E-state index contributed by atoms with van der Waals surface area (Å²) in [6.45, 7) is 2.46. The predicted octanol–water partition coefficient (Wildman–Crippen LogP) is 3.88. The quantitative estimate of drug-likeness (QED) is 0.857. The van der Waals surface area contributed by atoms with Gasteiger partial charge in [-0.15, -0.1) is 0 Å². The summed E-state index contributed by atoms with van der Waals surface area (Å²) in [6.07, 6.45) is 3.34. The summed E-state index contributed by atoms with van der Waals surface area (Å²) in [6, 6.07) is 4.65. The van der Waals surface area contributed by atoms with Crippen LogP contribution in [0.5, 0.6) is 5.75 Å². The minimum atomic E-state index is -0.266. The first kappa shape index (κ1) is 14.9. The number of unbranched alkanes of at least 4 members (excludes halogenated alkanes) is 1. The maximum absolute atomic E-state index is 12.1. The summed E-state index contributed by atoms with van der Waals surface area (Å²) in [5, 5.41) is 9.33. The summed E-state index contributed by atoms with van der Waals surface area (Å²) < 4.78 is 0. The standard InChI is InChI=1S/C14H14ClNO3S/c1-2-3-6-16-13(18)12(20-14(16)19)8-9-4-5-11(17)10(15)7-9/h4-5,7-8,17H,2-3,6H2,1H3/b12-8-. The van der Waals surface area contributed by atoms with Gasteiger partial charge in [0.05, 0.1) is 9.93 Å². The highest BCUT2D eigenvalue weighted by Crippen LogP contribution is 2.33. The second-order valence-corrected chi connectivity index (χ2v) is 5.80. The van der Waals surface area contributed by atoms with E-state index in [4.69, 9.17) is 11.6 Å². The van der Waals surface area contributed by atoms with Crippen molar-refractivity contribution >= 4 is 40.6 Å². The topological polar surface area (TPSA) is 57.6 Å². The third-order valence-electron chi connectivity index (χ3n) is 2.88. The van der Waals surface area contributed by atoms with Crippen molar-refractivity contribution in [1.82, 2.24) is 4.90 Å². The number of aromatic hydroxyl groups is 1. The van der Waals surface area contributed by atoms with Gasteiger partial charge in [-0.05, 0) is 42.0 Å². The Morgan fingerprint density at radius 2 is 2.15 bits per heavy atom. The molecule has 1 heterocycles. The first-order valence-electron chi connectivity index (χ1n) is 6.27. The van der Waals surface area contributed by atoms with Gasteiger partial charge in [-0.2, -0.15) is 0 Å². The normalized spacial score (nSPS) is 17.3. The van der Waals surface area contributed by atoms with E-state index >= 15 is 0 Å². The van der Waals surface area contributed by atoms with Crippen molar-refractivity contribution in [1.29, 1.82) is 0 Å². The number of carbonyl (C=O) groups is 2. The Morgan fingerprint density at radius 3 is 2.80 bits per heavy atom. The summed E-state index contributed by atoms with van der Waals surface area (Å²) in [4.78, 5) is 25.5. The summed E-state index contributed by atoms with van der Waals surface area (Å²) in [5.74, 6) is -0.280. The molecular formula is C14H14ClNO3S. The number of nitrogens with zero attached hydrogens (tertiary/aromatic N) is 1. The lowest BCUT2D eigenvalue weighted by Gasteiger charge is -2.10. The number of phenols is 1. The molecule has 2 rings (SSSR count). The van der Waals surface area contributed by atoms with Crippen LogP contribution < -0.4 is 0 Å². The third-order valence-corrected chi connectivity index (χ3v) is 4.09. The zero-order valence-corrected chi connectivity index (χ0v) is 12.5. The molecule has 0 unspecified atom stereocenters. The average molecular weight is 312 g/mol. The zero-order chi connectivity index (χ0) is 14.7. The number of thioether (sulfide) groups is 1. The predicted molar refractivity (Wildman–Crippen MR) is 80.7 cm³/mol. The van der Waals surface area contributed by atoms with E-state index < -0.39 is 0 Å². The van der Waals surface area contributed by atoms with E-state index in [1.54, 1.807) is 18.2 Å². The minimum absolute atomic E-state index is 0.0140. The molecule has 106 valence electrons. The fourth-order valence-corrected chi connectivity index (χ4v) is 2.83. The van der Waals surface area contributed by atoms with Crippen molar-refractivity contribution in [2.75, 3.05) is 6.54 Å². The summed E-state index contributed by atoms with van der Waals surface area (Å²) in [5.41, 5.74) is 0.675. The molecule has 1 aliphatic heterocycles. The van der Waals surface area contributed by atoms with Gasteiger partial charge in [-0.3, -0.25) is 14.5 Å². The molecule has 0 radical (unpaired) electrons. The second-order valence-electron chi connectivity index (χ2n) is 4.40. The molecule has 0 bridgehead atoms. The van der Waals surface area contributed by atoms with Crippen LogP contribution in [0, 0.1) is 0 Å². The zero-order valence-electron chi connectivity index (χ0n) is 10.9. The van der Waals surface area contributed by atoms with Crippen LogP contribution >= 0.6 is 23.4 Å². The number of halogens is 1. The molecular weight excluding hydrogens is 298 g/mol. The number of hydrogen-bond acceptors (Lipinski definition) is 4. The van der Waals surface area contributed by atoms with Gasteiger partial charge in [0.1, 0.15) is 5.75 Å². The molecule has 1 aliphatic rings. The third kappa shape index (κ3) is 3.16. The van der Waals surface area contributed by atoms with E-state index in [9.17, 15) is 14.7 Å². The van der Waals surface area contributed by atoms with Crippen LogP contribution in [0.2, 0.25) is 5.02 Å². The second kappa shape index (κ2) is 6.33. The number of benzene rings is 1. The Hall–Kier alpha value is -1.46. The molecule has 0 saturated carbocycles. The lowest BCUT2D eigenvalue weighted by molar-refractivity contribution is -0.122. The number of imide groups is 1. The van der Waals surface area contributed by atoms with Crippen LogP contribution in [0.25, 0.3) is 6.08 Å². The number of amides is 2. The van der Waals surface area contributed by atoms with E-state index in [0.29, 0.717) is 17.0 Å². The van der Waals surface area contributed by atoms with E-state index in [2.05, 4.69) is 0 Å². The monoisotopic (exact) mass is 311 g/mol. The van der Waals surface area contributed by atoms with E-state index in [1.807, 2.05) is 6.92 Å². The largest absolute Gasteiger partial charge is 0.506 e. The highest BCUT2D eigenvalue weighted by atomic mass is 35.5. The molecule has 1 aromatic carbocycles. The van der Waals surface area contributed by atoms with Gasteiger partial charge >= 0.3 is 0 Å². The van der Waals surface area contributed by atoms with Crippen LogP contribution in [-0.4, -0.2) is 27.7 Å². The van der Waals surface area contributed by atoms with Gasteiger partial charge in [0.25, 0.3) is 11.1 Å². The van der Waals surface area contributed by atoms with Crippen LogP contribution in [0.4, 0.5) is 4.79 Å². The molecule has 1 N–H and O–H groups in total. The summed E-state index contributed by atoms with van der Waals surface area (Å²) in [7, 11) is 0. The van der Waals surface area contributed by atoms with Crippen molar-refractivity contribution in [2.45, 2.75) is 19.8 Å². The molecule has 1 saturated heterocycles. The molecule has 6 heteroatoms. The molecule has 20 heavy (non-hydrogen) atoms. The molecule has 2 amide bonds. The van der Waals surface area contributed by atoms with E-state index in [1.165, 1.54) is 11.0 Å². The van der Waals surface area contributed by atoms with Gasteiger partial charge in [-0.25, -0.2) is 0 Å². The maximum Gasteiger partial charge on any atom is 0.293 e. The van der Waals surface area contributed by atoms with Crippen molar-refractivity contribution < 1.29 is 14.7 Å². The minimum Gasteiger partial charge on any atom is -0.506 e. The fraction of sp³-hybridized carbons (Fsp3) is 0.286. The van der Waals surface area contributed by atoms with Crippen LogP contribution in [0.1, 0.15) is 25.3 Å². The number of phenolic OH excluding ortho intramolecular Hbond substituents is 1. The molecule has 4 nitrogen and oxygen atoms in total. The fourth-order valence-electron chi connectivity index (χ4n) is 1.77. The number of carbonyl (C=O) groups excluding carboxylic acids is 2. The van der Waals surface area contributed by atoms with Crippen LogP contribution in [0.15, 0.2) is 23.1 Å². The molecule has 0 atom stereocenters. The van der Waals surface area contributed by atoms with Crippen molar-refractivity contribution in [3.8, 4) is 5.75 Å². The Labute approximate surface area is 126 Å². The highest BCUT2D eigenvalue weighted by Gasteiger charge is 2.34. The molecule has 0 spiro atoms. The smallest absolute Gasteiger partial charge is 0.293 e. The van der Waals surface area contributed by atoms with Crippen LogP contribution in [0.3, 0.4) is 0 Å². The first-order valence-corrected chi connectivity index (χ1v) is 7.46.